The van der Waals surface area contributed by atoms with Crippen molar-refractivity contribution in [2.45, 2.75) is 26.9 Å². The van der Waals surface area contributed by atoms with Crippen LogP contribution in [-0.2, 0) is 17.8 Å². The van der Waals surface area contributed by atoms with Crippen molar-refractivity contribution in [3.8, 4) is 0 Å². The van der Waals surface area contributed by atoms with Crippen LogP contribution in [0.25, 0.3) is 0 Å². The van der Waals surface area contributed by atoms with Crippen LogP contribution in [0.1, 0.15) is 25.1 Å². The lowest BCUT2D eigenvalue weighted by Crippen LogP contribution is -2.04. The van der Waals surface area contributed by atoms with Crippen molar-refractivity contribution in [3.63, 3.8) is 0 Å². The van der Waals surface area contributed by atoms with Crippen LogP contribution in [0, 0.1) is 5.92 Å². The van der Waals surface area contributed by atoms with Crippen molar-refractivity contribution < 1.29 is 4.74 Å². The van der Waals surface area contributed by atoms with Gasteiger partial charge in [-0.1, -0.05) is 13.8 Å². The molecule has 1 heterocycles. The van der Waals surface area contributed by atoms with Crippen molar-refractivity contribution in [2.75, 3.05) is 7.11 Å². The molecule has 0 saturated carbocycles. The van der Waals surface area contributed by atoms with E-state index in [1.54, 1.807) is 13.4 Å². The maximum Gasteiger partial charge on any atom is 0.115 e. The van der Waals surface area contributed by atoms with E-state index >= 15 is 0 Å². The van der Waals surface area contributed by atoms with Gasteiger partial charge < -0.3 is 4.74 Å². The van der Waals surface area contributed by atoms with Crippen LogP contribution in [-0.4, -0.2) is 17.1 Å². The molecule has 3 heteroatoms. The van der Waals surface area contributed by atoms with E-state index in [0.717, 1.165) is 17.7 Å². The zero-order valence-electron chi connectivity index (χ0n) is 8.45. The molecule has 0 N–H and O–H groups in total. The van der Waals surface area contributed by atoms with Gasteiger partial charge in [-0.15, -0.1) is 0 Å². The van der Waals surface area contributed by atoms with Gasteiger partial charge in [-0.25, -0.2) is 9.97 Å². The predicted octanol–water partition coefficient (Wildman–Crippen LogP) is 1.82. The van der Waals surface area contributed by atoms with E-state index in [9.17, 15) is 0 Å². The van der Waals surface area contributed by atoms with Gasteiger partial charge in [0.2, 0.25) is 0 Å². The molecule has 0 atom stereocenters. The minimum absolute atomic E-state index is 0.600. The maximum atomic E-state index is 5.07. The first kappa shape index (κ1) is 10.1. The predicted molar refractivity (Wildman–Crippen MR) is 51.3 cm³/mol. The smallest absolute Gasteiger partial charge is 0.115 e. The van der Waals surface area contributed by atoms with E-state index < -0.39 is 0 Å². The van der Waals surface area contributed by atoms with Gasteiger partial charge in [0.15, 0.2) is 0 Å². The molecule has 0 aliphatic heterocycles. The standard InChI is InChI=1S/C10H16N2O/c1-8(2)4-10-9(6-13-3)5-11-7-12-10/h5,7-8H,4,6H2,1-3H3. The van der Waals surface area contributed by atoms with Crippen LogP contribution >= 0.6 is 0 Å². The third-order valence-electron chi connectivity index (χ3n) is 1.78. The third kappa shape index (κ3) is 3.11. The Morgan fingerprint density at radius 1 is 1.46 bits per heavy atom. The number of nitrogens with zero attached hydrogens (tertiary/aromatic N) is 2. The van der Waals surface area contributed by atoms with Crippen molar-refractivity contribution in [2.24, 2.45) is 5.92 Å². The Labute approximate surface area is 79.2 Å². The summed E-state index contributed by atoms with van der Waals surface area (Å²) < 4.78 is 5.07. The second-order valence-corrected chi connectivity index (χ2v) is 3.53. The van der Waals surface area contributed by atoms with Crippen LogP contribution in [0.4, 0.5) is 0 Å². The molecule has 1 aromatic heterocycles. The Hall–Kier alpha value is -0.960. The van der Waals surface area contributed by atoms with E-state index in [2.05, 4.69) is 23.8 Å². The molecule has 0 amide bonds. The largest absolute Gasteiger partial charge is 0.380 e. The van der Waals surface area contributed by atoms with Crippen molar-refractivity contribution in [1.29, 1.82) is 0 Å². The van der Waals surface area contributed by atoms with Crippen LogP contribution in [0.2, 0.25) is 0 Å². The lowest BCUT2D eigenvalue weighted by molar-refractivity contribution is 0.183. The van der Waals surface area contributed by atoms with Gasteiger partial charge in [-0.2, -0.15) is 0 Å². The fourth-order valence-corrected chi connectivity index (χ4v) is 1.23. The van der Waals surface area contributed by atoms with Gasteiger partial charge in [-0.3, -0.25) is 0 Å². The van der Waals surface area contributed by atoms with Crippen LogP contribution in [0.15, 0.2) is 12.5 Å². The Morgan fingerprint density at radius 3 is 2.85 bits per heavy atom. The van der Waals surface area contributed by atoms with E-state index in [4.69, 9.17) is 4.74 Å². The summed E-state index contributed by atoms with van der Waals surface area (Å²) in [5.41, 5.74) is 2.20. The van der Waals surface area contributed by atoms with Crippen LogP contribution < -0.4 is 0 Å². The first-order valence-electron chi connectivity index (χ1n) is 4.50. The molecule has 13 heavy (non-hydrogen) atoms. The highest BCUT2D eigenvalue weighted by molar-refractivity contribution is 5.15. The highest BCUT2D eigenvalue weighted by atomic mass is 16.5. The monoisotopic (exact) mass is 180 g/mol. The summed E-state index contributed by atoms with van der Waals surface area (Å²) in [6.07, 6.45) is 4.41. The molecule has 0 aliphatic carbocycles. The summed E-state index contributed by atoms with van der Waals surface area (Å²) in [5.74, 6) is 0.616. The molecule has 0 unspecified atom stereocenters. The van der Waals surface area contributed by atoms with E-state index in [0.29, 0.717) is 12.5 Å². The Bertz CT molecular complexity index is 261. The summed E-state index contributed by atoms with van der Waals surface area (Å²) in [7, 11) is 1.69. The quantitative estimate of drug-likeness (QED) is 0.709. The summed E-state index contributed by atoms with van der Waals surface area (Å²) in [6.45, 7) is 4.96. The molecule has 0 spiro atoms. The highest BCUT2D eigenvalue weighted by Gasteiger charge is 2.05. The Kier molecular flexibility index (Phi) is 3.83. The van der Waals surface area contributed by atoms with Crippen molar-refractivity contribution in [1.82, 2.24) is 9.97 Å². The lowest BCUT2D eigenvalue weighted by Gasteiger charge is -2.08. The number of ether oxygens (including phenoxy) is 1. The van der Waals surface area contributed by atoms with Gasteiger partial charge in [0.05, 0.1) is 6.61 Å². The number of aromatic nitrogens is 2. The Morgan fingerprint density at radius 2 is 2.23 bits per heavy atom. The molecule has 0 aromatic carbocycles. The molecule has 0 aliphatic rings. The molecule has 1 rings (SSSR count). The molecule has 0 radical (unpaired) electrons. The zero-order valence-corrected chi connectivity index (χ0v) is 8.45. The molecule has 0 bridgehead atoms. The molecule has 72 valence electrons. The Balaban J connectivity index is 2.78. The van der Waals surface area contributed by atoms with Crippen molar-refractivity contribution in [3.05, 3.63) is 23.8 Å². The van der Waals surface area contributed by atoms with Crippen LogP contribution in [0.3, 0.4) is 0 Å². The summed E-state index contributed by atoms with van der Waals surface area (Å²) in [4.78, 5) is 8.23. The topological polar surface area (TPSA) is 35.0 Å². The van der Waals surface area contributed by atoms with Gasteiger partial charge in [0, 0.05) is 24.6 Å². The fourth-order valence-electron chi connectivity index (χ4n) is 1.23. The van der Waals surface area contributed by atoms with Gasteiger partial charge in [-0.05, 0) is 12.3 Å². The van der Waals surface area contributed by atoms with Gasteiger partial charge in [0.1, 0.15) is 6.33 Å². The maximum absolute atomic E-state index is 5.07. The molecule has 0 saturated heterocycles. The van der Waals surface area contributed by atoms with Gasteiger partial charge in [0.25, 0.3) is 0 Å². The normalized spacial score (nSPS) is 10.8. The minimum Gasteiger partial charge on any atom is -0.380 e. The van der Waals surface area contributed by atoms with E-state index in [1.165, 1.54) is 0 Å². The average Bonchev–Trinajstić information content (AvgIpc) is 2.08. The molecule has 3 nitrogen and oxygen atoms in total. The van der Waals surface area contributed by atoms with E-state index in [-0.39, 0.29) is 0 Å². The second kappa shape index (κ2) is 4.92. The van der Waals surface area contributed by atoms with Crippen molar-refractivity contribution >= 4 is 0 Å². The summed E-state index contributed by atoms with van der Waals surface area (Å²) >= 11 is 0. The summed E-state index contributed by atoms with van der Waals surface area (Å²) in [6, 6.07) is 0. The minimum atomic E-state index is 0.600. The molecular formula is C10H16N2O. The number of hydrogen-bond donors (Lipinski definition) is 0. The zero-order chi connectivity index (χ0) is 9.68. The number of rotatable bonds is 4. The van der Waals surface area contributed by atoms with Gasteiger partial charge >= 0.3 is 0 Å². The number of methoxy groups -OCH3 is 1. The first-order valence-corrected chi connectivity index (χ1v) is 4.50. The third-order valence-corrected chi connectivity index (χ3v) is 1.78. The number of hydrogen-bond acceptors (Lipinski definition) is 3. The average molecular weight is 180 g/mol. The summed E-state index contributed by atoms with van der Waals surface area (Å²) in [5, 5.41) is 0. The molecule has 0 fully saturated rings. The SMILES string of the molecule is COCc1cncnc1CC(C)C. The van der Waals surface area contributed by atoms with Crippen LogP contribution in [0.5, 0.6) is 0 Å². The first-order chi connectivity index (χ1) is 6.24. The molecule has 1 aromatic rings. The van der Waals surface area contributed by atoms with E-state index in [1.807, 2.05) is 6.20 Å². The second-order valence-electron chi connectivity index (χ2n) is 3.53. The lowest BCUT2D eigenvalue weighted by atomic mass is 10.1. The highest BCUT2D eigenvalue weighted by Crippen LogP contribution is 2.10. The molecular weight excluding hydrogens is 164 g/mol. The fraction of sp³-hybridized carbons (Fsp3) is 0.600.